The molecular formula is C6H9N5O. The highest BCUT2D eigenvalue weighted by Crippen LogP contribution is 2.05. The van der Waals surface area contributed by atoms with Gasteiger partial charge in [0.1, 0.15) is 18.8 Å². The van der Waals surface area contributed by atoms with E-state index in [9.17, 15) is 0 Å². The van der Waals surface area contributed by atoms with E-state index in [0.717, 1.165) is 0 Å². The molecule has 12 heavy (non-hydrogen) atoms. The molecule has 6 nitrogen and oxygen atoms in total. The molecule has 0 amide bonds. The van der Waals surface area contributed by atoms with Crippen LogP contribution in [-0.2, 0) is 0 Å². The largest absolute Gasteiger partial charge is 0.394 e. The summed E-state index contributed by atoms with van der Waals surface area (Å²) < 4.78 is 1.65. The smallest absolute Gasteiger partial charge is 0.272 e. The highest BCUT2D eigenvalue weighted by atomic mass is 16.7. The van der Waals surface area contributed by atoms with Crippen LogP contribution in [0.1, 0.15) is 6.92 Å². The van der Waals surface area contributed by atoms with Crippen LogP contribution in [-0.4, -0.2) is 25.9 Å². The quantitative estimate of drug-likeness (QED) is 0.658. The molecule has 0 aromatic carbocycles. The lowest BCUT2D eigenvalue weighted by Gasteiger charge is -1.98. The Balaban J connectivity index is 2.55. The molecule has 0 atom stereocenters. The molecule has 0 aliphatic carbocycles. The average molecular weight is 167 g/mol. The Bertz CT molecular complexity index is 389. The van der Waals surface area contributed by atoms with Crippen molar-refractivity contribution in [3.05, 3.63) is 12.5 Å². The fourth-order valence-electron chi connectivity index (χ4n) is 0.987. The minimum atomic E-state index is 0.546. The summed E-state index contributed by atoms with van der Waals surface area (Å²) in [7, 11) is 0. The number of hydrogen-bond acceptors (Lipinski definition) is 4. The maximum absolute atomic E-state index is 5.58. The van der Waals surface area contributed by atoms with Crippen molar-refractivity contribution < 1.29 is 4.84 Å². The minimum absolute atomic E-state index is 0.546. The summed E-state index contributed by atoms with van der Waals surface area (Å²) in [5, 5.41) is 3.92. The van der Waals surface area contributed by atoms with E-state index in [2.05, 4.69) is 10.1 Å². The Morgan fingerprint density at radius 1 is 1.67 bits per heavy atom. The van der Waals surface area contributed by atoms with Crippen LogP contribution in [0.2, 0.25) is 0 Å². The summed E-state index contributed by atoms with van der Waals surface area (Å²) in [5.41, 5.74) is 5.58. The topological polar surface area (TPSA) is 70.4 Å². The van der Waals surface area contributed by atoms with E-state index in [1.54, 1.807) is 16.9 Å². The van der Waals surface area contributed by atoms with Gasteiger partial charge in [-0.2, -0.15) is 0 Å². The number of hydrogen-bond donors (Lipinski definition) is 1. The molecule has 0 unspecified atom stereocenters. The first-order valence-corrected chi connectivity index (χ1v) is 3.62. The van der Waals surface area contributed by atoms with E-state index < -0.39 is 0 Å². The molecule has 0 saturated heterocycles. The summed E-state index contributed by atoms with van der Waals surface area (Å²) in [4.78, 5) is 10.5. The average Bonchev–Trinajstić information content (AvgIpc) is 2.58. The molecule has 0 aliphatic heterocycles. The molecule has 2 N–H and O–H groups in total. The summed E-state index contributed by atoms with van der Waals surface area (Å²) in [6.45, 7) is 2.43. The number of imidazole rings is 1. The lowest BCUT2D eigenvalue weighted by atomic mass is 10.8. The number of rotatable bonds is 2. The maximum atomic E-state index is 5.58. The van der Waals surface area contributed by atoms with Gasteiger partial charge in [0.05, 0.1) is 6.20 Å². The molecule has 2 heterocycles. The highest BCUT2D eigenvalue weighted by molar-refractivity contribution is 5.40. The third-order valence-corrected chi connectivity index (χ3v) is 1.50. The molecule has 0 aliphatic rings. The molecule has 2 aromatic rings. The van der Waals surface area contributed by atoms with E-state index in [-0.39, 0.29) is 0 Å². The van der Waals surface area contributed by atoms with Gasteiger partial charge in [0, 0.05) is 0 Å². The Morgan fingerprint density at radius 2 is 2.50 bits per heavy atom. The molecule has 0 saturated carbocycles. The highest BCUT2D eigenvalue weighted by Gasteiger charge is 2.05. The van der Waals surface area contributed by atoms with Gasteiger partial charge in [0.2, 0.25) is 0 Å². The van der Waals surface area contributed by atoms with Crippen molar-refractivity contribution in [1.29, 1.82) is 0 Å². The normalized spacial score (nSPS) is 10.8. The molecule has 64 valence electrons. The Morgan fingerprint density at radius 3 is 3.25 bits per heavy atom. The van der Waals surface area contributed by atoms with Crippen LogP contribution in [0.25, 0.3) is 5.78 Å². The molecule has 0 bridgehead atoms. The minimum Gasteiger partial charge on any atom is -0.394 e. The molecule has 2 aromatic heterocycles. The second-order valence-corrected chi connectivity index (χ2v) is 2.27. The van der Waals surface area contributed by atoms with E-state index in [1.807, 2.05) is 6.92 Å². The van der Waals surface area contributed by atoms with Crippen LogP contribution in [0.5, 0.6) is 0 Å². The summed E-state index contributed by atoms with van der Waals surface area (Å²) >= 11 is 0. The number of fused-ring (bicyclic) bond motifs is 1. The van der Waals surface area contributed by atoms with Gasteiger partial charge in [-0.1, -0.05) is 4.85 Å². The van der Waals surface area contributed by atoms with Gasteiger partial charge in [-0.25, -0.2) is 9.38 Å². The number of aromatic nitrogens is 4. The number of nitrogens with two attached hydrogens (primary N) is 1. The molecular weight excluding hydrogens is 158 g/mol. The predicted octanol–water partition coefficient (Wildman–Crippen LogP) is -0.439. The van der Waals surface area contributed by atoms with Crippen LogP contribution in [0, 0.1) is 0 Å². The number of anilines is 1. The van der Waals surface area contributed by atoms with Crippen LogP contribution in [0.4, 0.5) is 5.82 Å². The number of nitrogens with zero attached hydrogens (tertiary/aromatic N) is 4. The summed E-state index contributed by atoms with van der Waals surface area (Å²) in [6.07, 6.45) is 3.12. The molecule has 0 radical (unpaired) electrons. The lowest BCUT2D eigenvalue weighted by Crippen LogP contribution is -2.12. The van der Waals surface area contributed by atoms with E-state index in [1.165, 1.54) is 4.85 Å². The third-order valence-electron chi connectivity index (χ3n) is 1.50. The predicted molar refractivity (Wildman–Crippen MR) is 42.5 cm³/mol. The fourth-order valence-corrected chi connectivity index (χ4v) is 0.987. The summed E-state index contributed by atoms with van der Waals surface area (Å²) in [5.74, 6) is 1.14. The van der Waals surface area contributed by atoms with Crippen molar-refractivity contribution in [2.75, 3.05) is 12.3 Å². The zero-order valence-electron chi connectivity index (χ0n) is 6.64. The summed E-state index contributed by atoms with van der Waals surface area (Å²) in [6, 6.07) is 0. The van der Waals surface area contributed by atoms with Gasteiger partial charge >= 0.3 is 0 Å². The SMILES string of the molecule is CCOn1ncn2c(N)cnc12. The van der Waals surface area contributed by atoms with Gasteiger partial charge in [0.15, 0.2) is 0 Å². The second kappa shape index (κ2) is 2.40. The monoisotopic (exact) mass is 167 g/mol. The fraction of sp³-hybridized carbons (Fsp3) is 0.333. The zero-order valence-corrected chi connectivity index (χ0v) is 6.64. The second-order valence-electron chi connectivity index (χ2n) is 2.27. The van der Waals surface area contributed by atoms with Gasteiger partial charge in [0.25, 0.3) is 5.78 Å². The Hall–Kier alpha value is -1.72. The maximum Gasteiger partial charge on any atom is 0.272 e. The van der Waals surface area contributed by atoms with Gasteiger partial charge in [-0.3, -0.25) is 0 Å². The van der Waals surface area contributed by atoms with Gasteiger partial charge < -0.3 is 10.6 Å². The van der Waals surface area contributed by atoms with Crippen LogP contribution in [0.3, 0.4) is 0 Å². The van der Waals surface area contributed by atoms with E-state index >= 15 is 0 Å². The van der Waals surface area contributed by atoms with Crippen molar-refractivity contribution >= 4 is 11.6 Å². The first-order chi connectivity index (χ1) is 5.83. The van der Waals surface area contributed by atoms with Gasteiger partial charge in [-0.05, 0) is 6.92 Å². The molecule has 6 heteroatoms. The first-order valence-electron chi connectivity index (χ1n) is 3.62. The van der Waals surface area contributed by atoms with Crippen molar-refractivity contribution in [3.8, 4) is 0 Å². The van der Waals surface area contributed by atoms with Crippen LogP contribution in [0.15, 0.2) is 12.5 Å². The van der Waals surface area contributed by atoms with Crippen LogP contribution >= 0.6 is 0 Å². The van der Waals surface area contributed by atoms with E-state index in [4.69, 9.17) is 10.6 Å². The van der Waals surface area contributed by atoms with Crippen LogP contribution < -0.4 is 10.6 Å². The molecule has 0 fully saturated rings. The van der Waals surface area contributed by atoms with Gasteiger partial charge in [-0.15, -0.1) is 5.10 Å². The van der Waals surface area contributed by atoms with Crippen molar-refractivity contribution in [1.82, 2.24) is 19.3 Å². The Kier molecular flexibility index (Phi) is 1.39. The van der Waals surface area contributed by atoms with Crippen molar-refractivity contribution in [3.63, 3.8) is 0 Å². The third kappa shape index (κ3) is 0.810. The Labute approximate surface area is 68.5 Å². The standard InChI is InChI=1S/C6H9N5O/c1-2-12-11-6-8-3-5(7)10(6)4-9-11/h3-4H,2,7H2,1H3. The van der Waals surface area contributed by atoms with E-state index in [0.29, 0.717) is 18.2 Å². The molecule has 0 spiro atoms. The van der Waals surface area contributed by atoms with Crippen molar-refractivity contribution in [2.24, 2.45) is 0 Å². The molecule has 2 rings (SSSR count). The first kappa shape index (κ1) is 6.96. The lowest BCUT2D eigenvalue weighted by molar-refractivity contribution is 0.101. The van der Waals surface area contributed by atoms with Crippen molar-refractivity contribution in [2.45, 2.75) is 6.92 Å². The number of nitrogen functional groups attached to an aromatic ring is 1. The zero-order chi connectivity index (χ0) is 8.55.